The van der Waals surface area contributed by atoms with Gasteiger partial charge in [0.2, 0.25) is 5.91 Å². The molecule has 6 N–H and O–H groups in total. The second-order valence-electron chi connectivity index (χ2n) is 24.9. The number of allylic oxidation sites excluding steroid dienone is 7. The van der Waals surface area contributed by atoms with Crippen LogP contribution in [0.4, 0.5) is 0 Å². The van der Waals surface area contributed by atoms with Crippen molar-refractivity contribution in [1.29, 1.82) is 0 Å². The van der Waals surface area contributed by atoms with E-state index in [0.717, 1.165) is 64.2 Å². The van der Waals surface area contributed by atoms with Gasteiger partial charge in [-0.1, -0.05) is 287 Å². The molecule has 1 fully saturated rings. The average Bonchev–Trinajstić information content (AvgIpc) is 3.68. The van der Waals surface area contributed by atoms with Crippen LogP contribution in [-0.4, -0.2) is 100 Å². The number of hydrogen-bond donors (Lipinski definition) is 6. The zero-order valence-corrected chi connectivity index (χ0v) is 54.6. The molecule has 84 heavy (non-hydrogen) atoms. The summed E-state index contributed by atoms with van der Waals surface area (Å²) in [5.41, 5.74) is 0. The van der Waals surface area contributed by atoms with Gasteiger partial charge in [-0.05, 0) is 89.9 Å². The van der Waals surface area contributed by atoms with Gasteiger partial charge >= 0.3 is 5.97 Å². The van der Waals surface area contributed by atoms with Gasteiger partial charge in [0.05, 0.1) is 32.0 Å². The molecule has 1 aliphatic rings. The predicted molar refractivity (Wildman–Crippen MR) is 352 cm³/mol. The number of aliphatic hydroxyl groups excluding tert-OH is 5. The van der Waals surface area contributed by atoms with Crippen LogP contribution in [0.25, 0.3) is 0 Å². The molecular formula is C73H135NO10. The van der Waals surface area contributed by atoms with Crippen LogP contribution < -0.4 is 5.32 Å². The molecule has 0 aliphatic carbocycles. The summed E-state index contributed by atoms with van der Waals surface area (Å²) in [6.07, 6.45) is 71.0. The molecule has 7 unspecified atom stereocenters. The van der Waals surface area contributed by atoms with Crippen molar-refractivity contribution in [3.05, 3.63) is 48.6 Å². The highest BCUT2D eigenvalue weighted by atomic mass is 16.7. The van der Waals surface area contributed by atoms with Crippen molar-refractivity contribution in [1.82, 2.24) is 5.32 Å². The fraction of sp³-hybridized carbons (Fsp3) is 0.863. The van der Waals surface area contributed by atoms with Gasteiger partial charge in [0.1, 0.15) is 24.4 Å². The van der Waals surface area contributed by atoms with Crippen LogP contribution in [0, 0.1) is 0 Å². The van der Waals surface area contributed by atoms with Crippen LogP contribution in [0.3, 0.4) is 0 Å². The van der Waals surface area contributed by atoms with E-state index in [1.807, 2.05) is 6.08 Å². The monoisotopic (exact) mass is 1190 g/mol. The van der Waals surface area contributed by atoms with E-state index in [1.165, 1.54) is 250 Å². The lowest BCUT2D eigenvalue weighted by atomic mass is 9.99. The normalized spacial score (nSPS) is 18.3. The van der Waals surface area contributed by atoms with Crippen LogP contribution in [0.1, 0.15) is 341 Å². The molecule has 0 bridgehead atoms. The highest BCUT2D eigenvalue weighted by molar-refractivity contribution is 5.76. The largest absolute Gasteiger partial charge is 0.466 e. The Bertz CT molecular complexity index is 1530. The second kappa shape index (κ2) is 62.2. The number of unbranched alkanes of at least 4 members (excludes halogenated alkanes) is 43. The molecule has 0 spiro atoms. The summed E-state index contributed by atoms with van der Waals surface area (Å²) in [5, 5.41) is 54.5. The fourth-order valence-corrected chi connectivity index (χ4v) is 11.2. The van der Waals surface area contributed by atoms with Gasteiger partial charge in [-0.2, -0.15) is 0 Å². The summed E-state index contributed by atoms with van der Waals surface area (Å²) in [7, 11) is 0. The van der Waals surface area contributed by atoms with E-state index >= 15 is 0 Å². The quantitative estimate of drug-likeness (QED) is 0.0195. The molecule has 0 radical (unpaired) electrons. The van der Waals surface area contributed by atoms with E-state index in [1.54, 1.807) is 6.08 Å². The molecule has 492 valence electrons. The Labute approximate surface area is 516 Å². The van der Waals surface area contributed by atoms with Crippen molar-refractivity contribution < 1.29 is 49.3 Å². The minimum Gasteiger partial charge on any atom is -0.466 e. The van der Waals surface area contributed by atoms with Crippen molar-refractivity contribution in [2.45, 2.75) is 384 Å². The van der Waals surface area contributed by atoms with E-state index in [9.17, 15) is 35.1 Å². The minimum absolute atomic E-state index is 0.00489. The number of carbonyl (C=O) groups excluding carboxylic acids is 2. The first-order valence-corrected chi connectivity index (χ1v) is 35.9. The van der Waals surface area contributed by atoms with Crippen molar-refractivity contribution in [2.24, 2.45) is 0 Å². The molecule has 11 heteroatoms. The van der Waals surface area contributed by atoms with Gasteiger partial charge in [-0.25, -0.2) is 0 Å². The minimum atomic E-state index is -1.57. The lowest BCUT2D eigenvalue weighted by molar-refractivity contribution is -0.302. The Morgan fingerprint density at radius 3 is 1.24 bits per heavy atom. The summed E-state index contributed by atoms with van der Waals surface area (Å²) >= 11 is 0. The van der Waals surface area contributed by atoms with E-state index in [2.05, 4.69) is 55.6 Å². The van der Waals surface area contributed by atoms with Crippen LogP contribution >= 0.6 is 0 Å². The molecule has 0 aromatic rings. The van der Waals surface area contributed by atoms with Gasteiger partial charge in [0.25, 0.3) is 0 Å². The van der Waals surface area contributed by atoms with Crippen LogP contribution in [0.5, 0.6) is 0 Å². The topological polar surface area (TPSA) is 175 Å². The van der Waals surface area contributed by atoms with Crippen LogP contribution in [0.15, 0.2) is 48.6 Å². The molecule has 1 heterocycles. The van der Waals surface area contributed by atoms with Crippen LogP contribution in [-0.2, 0) is 23.8 Å². The molecule has 1 aliphatic heterocycles. The first-order valence-electron chi connectivity index (χ1n) is 35.9. The van der Waals surface area contributed by atoms with Gasteiger partial charge in [-0.3, -0.25) is 9.59 Å². The van der Waals surface area contributed by atoms with Crippen LogP contribution in [0.2, 0.25) is 0 Å². The number of ether oxygens (including phenoxy) is 3. The molecule has 0 aromatic heterocycles. The highest BCUT2D eigenvalue weighted by Gasteiger charge is 2.44. The zero-order chi connectivity index (χ0) is 60.9. The molecule has 0 saturated carbocycles. The third-order valence-electron chi connectivity index (χ3n) is 16.9. The summed E-state index contributed by atoms with van der Waals surface area (Å²) < 4.78 is 16.7. The van der Waals surface area contributed by atoms with Crippen molar-refractivity contribution >= 4 is 11.9 Å². The second-order valence-corrected chi connectivity index (χ2v) is 24.9. The Kier molecular flexibility index (Phi) is 59.0. The molecule has 0 aromatic carbocycles. The van der Waals surface area contributed by atoms with Crippen molar-refractivity contribution in [3.63, 3.8) is 0 Å². The Morgan fingerprint density at radius 2 is 0.798 bits per heavy atom. The SMILES string of the molecule is CCCCC/C=C\CCCCCCCC(=O)OCCCCCCCCCCC/C=C\C/C=C\CCCCCCCCCCCCCCCCCC(=O)NC(COC1OC(CO)C(O)C(O)C1O)C(O)/C=C/CCCCCCCCCCCCC. The molecule has 1 rings (SSSR count). The molecule has 11 nitrogen and oxygen atoms in total. The van der Waals surface area contributed by atoms with Gasteiger partial charge < -0.3 is 45.1 Å². The third kappa shape index (κ3) is 50.6. The van der Waals surface area contributed by atoms with Gasteiger partial charge in [0, 0.05) is 12.8 Å². The smallest absolute Gasteiger partial charge is 0.305 e. The number of nitrogens with one attached hydrogen (secondary N) is 1. The maximum atomic E-state index is 13.1. The standard InChI is InChI=1S/C73H135NO10/c1-3-5-7-9-11-13-15-36-39-43-47-51-55-59-66(76)65(64-83-73-72(81)71(80)70(79)67(63-75)84-73)74-68(77)60-56-52-48-44-40-37-34-32-30-28-26-24-22-20-18-17-19-21-23-25-27-29-31-33-35-38-42-46-50-54-58-62-82-69(78)61-57-53-49-45-41-16-14-12-10-8-6-4-2/h12,14,19,21,25,27,55,59,65-67,70-73,75-76,79-81H,3-11,13,15-18,20,22-24,26,28-54,56-58,60-64H2,1-2H3,(H,74,77)/b14-12-,21-19-,27-25-,59-55+. The van der Waals surface area contributed by atoms with Crippen molar-refractivity contribution in [3.8, 4) is 0 Å². The molecular weight excluding hydrogens is 1050 g/mol. The van der Waals surface area contributed by atoms with E-state index in [4.69, 9.17) is 14.2 Å². The number of carbonyl (C=O) groups is 2. The number of aliphatic hydroxyl groups is 5. The Morgan fingerprint density at radius 1 is 0.440 bits per heavy atom. The zero-order valence-electron chi connectivity index (χ0n) is 54.6. The first-order chi connectivity index (χ1) is 41.2. The fourth-order valence-electron chi connectivity index (χ4n) is 11.2. The van der Waals surface area contributed by atoms with E-state index < -0.39 is 49.5 Å². The molecule has 1 amide bonds. The lowest BCUT2D eigenvalue weighted by Crippen LogP contribution is -2.60. The summed E-state index contributed by atoms with van der Waals surface area (Å²) in [6, 6.07) is -0.810. The summed E-state index contributed by atoms with van der Waals surface area (Å²) in [4.78, 5) is 25.1. The number of rotatable bonds is 63. The Hall–Kier alpha value is -2.38. The van der Waals surface area contributed by atoms with E-state index in [-0.39, 0.29) is 18.5 Å². The lowest BCUT2D eigenvalue weighted by Gasteiger charge is -2.40. The molecule has 1 saturated heterocycles. The van der Waals surface area contributed by atoms with Crippen molar-refractivity contribution in [2.75, 3.05) is 19.8 Å². The van der Waals surface area contributed by atoms with Gasteiger partial charge in [-0.15, -0.1) is 0 Å². The number of esters is 1. The number of hydrogen-bond acceptors (Lipinski definition) is 10. The first kappa shape index (κ1) is 79.6. The average molecular weight is 1190 g/mol. The van der Waals surface area contributed by atoms with Gasteiger partial charge in [0.15, 0.2) is 6.29 Å². The Balaban J connectivity index is 1.98. The summed E-state index contributed by atoms with van der Waals surface area (Å²) in [6.45, 7) is 4.34. The third-order valence-corrected chi connectivity index (χ3v) is 16.9. The molecule has 7 atom stereocenters. The maximum absolute atomic E-state index is 13.1. The number of amides is 1. The maximum Gasteiger partial charge on any atom is 0.305 e. The summed E-state index contributed by atoms with van der Waals surface area (Å²) in [5.74, 6) is -0.185. The predicted octanol–water partition coefficient (Wildman–Crippen LogP) is 18.4. The van der Waals surface area contributed by atoms with E-state index in [0.29, 0.717) is 19.4 Å². The highest BCUT2D eigenvalue weighted by Crippen LogP contribution is 2.23.